The van der Waals surface area contributed by atoms with Crippen LogP contribution in [0, 0.1) is 5.92 Å². The molecule has 116 valence electrons. The Bertz CT molecular complexity index is 582. The zero-order chi connectivity index (χ0) is 14.9. The molecule has 1 aromatic rings. The Balaban J connectivity index is 1.34. The number of nitrogens with one attached hydrogen (secondary N) is 2. The summed E-state index contributed by atoms with van der Waals surface area (Å²) < 4.78 is 2.20. The summed E-state index contributed by atoms with van der Waals surface area (Å²) in [6.45, 7) is 2.07. The molecule has 1 aliphatic carbocycles. The van der Waals surface area contributed by atoms with E-state index < -0.39 is 0 Å². The molecule has 1 aromatic carbocycles. The number of fused-ring (bicyclic) bond motifs is 2. The van der Waals surface area contributed by atoms with Crippen LogP contribution in [0.5, 0.6) is 0 Å². The molecule has 3 aliphatic rings. The fourth-order valence-electron chi connectivity index (χ4n) is 3.39. The summed E-state index contributed by atoms with van der Waals surface area (Å²) >= 11 is 3.41. The standard InChI is InChI=1S/C16H19N3OS2/c20-16(18-15-9-11-8-14(15)17-10-11)12-2-4-13(5-3-12)22-19-6-1-7-21-19/h1-5,7,11,14-15,17H,6,8-10H2,(H,18,20). The van der Waals surface area contributed by atoms with E-state index in [1.165, 1.54) is 6.42 Å². The Kier molecular flexibility index (Phi) is 4.17. The first-order valence-corrected chi connectivity index (χ1v) is 9.30. The Morgan fingerprint density at radius 2 is 2.18 bits per heavy atom. The van der Waals surface area contributed by atoms with Crippen molar-refractivity contribution in [2.45, 2.75) is 29.8 Å². The van der Waals surface area contributed by atoms with Gasteiger partial charge in [0.25, 0.3) is 5.91 Å². The second kappa shape index (κ2) is 6.28. The topological polar surface area (TPSA) is 44.4 Å². The number of nitrogens with zero attached hydrogens (tertiary/aromatic N) is 1. The Morgan fingerprint density at radius 3 is 2.82 bits per heavy atom. The lowest BCUT2D eigenvalue weighted by Gasteiger charge is -2.24. The summed E-state index contributed by atoms with van der Waals surface area (Å²) in [5.41, 5.74) is 0.749. The predicted molar refractivity (Wildman–Crippen MR) is 91.5 cm³/mol. The average molecular weight is 333 g/mol. The van der Waals surface area contributed by atoms with E-state index in [0.717, 1.165) is 35.9 Å². The van der Waals surface area contributed by atoms with Crippen molar-refractivity contribution in [2.24, 2.45) is 5.92 Å². The predicted octanol–water partition coefficient (Wildman–Crippen LogP) is 2.65. The van der Waals surface area contributed by atoms with Gasteiger partial charge in [-0.05, 0) is 78.9 Å². The van der Waals surface area contributed by atoms with Crippen molar-refractivity contribution in [2.75, 3.05) is 13.1 Å². The second-order valence-corrected chi connectivity index (χ2v) is 8.29. The molecule has 4 rings (SSSR count). The molecule has 1 saturated carbocycles. The fourth-order valence-corrected chi connectivity index (χ4v) is 5.10. The van der Waals surface area contributed by atoms with Crippen LogP contribution in [0.3, 0.4) is 0 Å². The van der Waals surface area contributed by atoms with Gasteiger partial charge in [0.1, 0.15) is 0 Å². The molecule has 6 heteroatoms. The molecule has 2 bridgehead atoms. The van der Waals surface area contributed by atoms with Crippen LogP contribution in [0.4, 0.5) is 0 Å². The molecular weight excluding hydrogens is 314 g/mol. The third kappa shape index (κ3) is 3.06. The minimum atomic E-state index is 0.0492. The van der Waals surface area contributed by atoms with Crippen LogP contribution in [-0.2, 0) is 0 Å². The summed E-state index contributed by atoms with van der Waals surface area (Å²) in [7, 11) is 0. The van der Waals surface area contributed by atoms with Crippen LogP contribution in [0.15, 0.2) is 40.6 Å². The lowest BCUT2D eigenvalue weighted by Crippen LogP contribution is -2.47. The van der Waals surface area contributed by atoms with E-state index in [4.69, 9.17) is 0 Å². The van der Waals surface area contributed by atoms with E-state index in [1.54, 1.807) is 23.9 Å². The molecule has 2 aliphatic heterocycles. The molecule has 2 fully saturated rings. The van der Waals surface area contributed by atoms with Gasteiger partial charge in [-0.2, -0.15) is 3.71 Å². The number of benzene rings is 1. The van der Waals surface area contributed by atoms with Gasteiger partial charge >= 0.3 is 0 Å². The summed E-state index contributed by atoms with van der Waals surface area (Å²) in [6.07, 6.45) is 4.47. The van der Waals surface area contributed by atoms with Crippen LogP contribution in [0.1, 0.15) is 23.2 Å². The molecule has 3 unspecified atom stereocenters. The monoisotopic (exact) mass is 333 g/mol. The molecule has 3 atom stereocenters. The average Bonchev–Trinajstić information content (AvgIpc) is 3.25. The highest BCUT2D eigenvalue weighted by Crippen LogP contribution is 2.33. The van der Waals surface area contributed by atoms with Gasteiger partial charge in [0.2, 0.25) is 0 Å². The third-order valence-corrected chi connectivity index (χ3v) is 6.51. The van der Waals surface area contributed by atoms with Crippen molar-refractivity contribution in [3.8, 4) is 0 Å². The van der Waals surface area contributed by atoms with Crippen molar-refractivity contribution in [1.82, 2.24) is 14.3 Å². The Labute approximate surface area is 139 Å². The maximum absolute atomic E-state index is 12.4. The minimum Gasteiger partial charge on any atom is -0.348 e. The maximum Gasteiger partial charge on any atom is 0.251 e. The SMILES string of the molecule is O=C(NC1CC2CNC1C2)c1ccc(SN2CC=CS2)cc1. The molecule has 2 N–H and O–H groups in total. The van der Waals surface area contributed by atoms with Crippen LogP contribution < -0.4 is 10.6 Å². The van der Waals surface area contributed by atoms with Crippen molar-refractivity contribution in [3.05, 3.63) is 41.3 Å². The van der Waals surface area contributed by atoms with E-state index in [2.05, 4.69) is 25.8 Å². The van der Waals surface area contributed by atoms with Crippen molar-refractivity contribution in [1.29, 1.82) is 0 Å². The Morgan fingerprint density at radius 1 is 1.32 bits per heavy atom. The van der Waals surface area contributed by atoms with E-state index in [0.29, 0.717) is 12.1 Å². The number of amides is 1. The largest absolute Gasteiger partial charge is 0.348 e. The van der Waals surface area contributed by atoms with Crippen LogP contribution in [-0.4, -0.2) is 34.8 Å². The van der Waals surface area contributed by atoms with E-state index in [-0.39, 0.29) is 5.91 Å². The van der Waals surface area contributed by atoms with Gasteiger partial charge in [-0.15, -0.1) is 0 Å². The summed E-state index contributed by atoms with van der Waals surface area (Å²) in [5, 5.41) is 8.76. The molecule has 0 spiro atoms. The molecule has 0 aromatic heterocycles. The van der Waals surface area contributed by atoms with Gasteiger partial charge in [-0.25, -0.2) is 0 Å². The number of carbonyl (C=O) groups excluding carboxylic acids is 1. The lowest BCUT2D eigenvalue weighted by molar-refractivity contribution is 0.0928. The van der Waals surface area contributed by atoms with Gasteiger partial charge in [-0.3, -0.25) is 4.79 Å². The van der Waals surface area contributed by atoms with E-state index in [9.17, 15) is 4.79 Å². The maximum atomic E-state index is 12.4. The summed E-state index contributed by atoms with van der Waals surface area (Å²) in [5.74, 6) is 0.800. The van der Waals surface area contributed by atoms with Gasteiger partial charge in [-0.1, -0.05) is 6.08 Å². The normalized spacial score (nSPS) is 30.1. The number of hydrogen-bond acceptors (Lipinski definition) is 5. The molecule has 4 nitrogen and oxygen atoms in total. The highest BCUT2D eigenvalue weighted by molar-refractivity contribution is 8.13. The van der Waals surface area contributed by atoms with Gasteiger partial charge in [0.15, 0.2) is 0 Å². The number of hydrogen-bond donors (Lipinski definition) is 2. The molecule has 2 heterocycles. The first-order valence-electron chi connectivity index (χ1n) is 7.69. The van der Waals surface area contributed by atoms with E-state index >= 15 is 0 Å². The number of carbonyl (C=O) groups is 1. The summed E-state index contributed by atoms with van der Waals surface area (Å²) in [6, 6.07) is 8.67. The molecule has 1 saturated heterocycles. The first kappa shape index (κ1) is 14.6. The van der Waals surface area contributed by atoms with Gasteiger partial charge < -0.3 is 10.6 Å². The zero-order valence-corrected chi connectivity index (χ0v) is 13.8. The third-order valence-electron chi connectivity index (χ3n) is 4.50. The van der Waals surface area contributed by atoms with Gasteiger partial charge in [0, 0.05) is 29.1 Å². The molecular formula is C16H19N3OS2. The molecule has 22 heavy (non-hydrogen) atoms. The van der Waals surface area contributed by atoms with Gasteiger partial charge in [0.05, 0.1) is 0 Å². The first-order chi connectivity index (χ1) is 10.8. The highest BCUT2D eigenvalue weighted by Gasteiger charge is 2.39. The molecule has 0 radical (unpaired) electrons. The van der Waals surface area contributed by atoms with Crippen LogP contribution in [0.2, 0.25) is 0 Å². The lowest BCUT2D eigenvalue weighted by atomic mass is 10.1. The smallest absolute Gasteiger partial charge is 0.251 e. The van der Waals surface area contributed by atoms with Crippen molar-refractivity contribution >= 4 is 29.8 Å². The summed E-state index contributed by atoms with van der Waals surface area (Å²) in [4.78, 5) is 13.5. The highest BCUT2D eigenvalue weighted by atomic mass is 32.2. The number of piperidine rings is 1. The zero-order valence-electron chi connectivity index (χ0n) is 12.2. The fraction of sp³-hybridized carbons (Fsp3) is 0.438. The van der Waals surface area contributed by atoms with Crippen LogP contribution in [0.25, 0.3) is 0 Å². The van der Waals surface area contributed by atoms with E-state index in [1.807, 2.05) is 24.3 Å². The Hall–Kier alpha value is -0.950. The van der Waals surface area contributed by atoms with Crippen molar-refractivity contribution in [3.63, 3.8) is 0 Å². The second-order valence-electron chi connectivity index (χ2n) is 6.04. The van der Waals surface area contributed by atoms with Crippen LogP contribution >= 0.6 is 23.9 Å². The quantitative estimate of drug-likeness (QED) is 0.830. The van der Waals surface area contributed by atoms with Crippen molar-refractivity contribution < 1.29 is 4.79 Å². The molecule has 1 amide bonds. The minimum absolute atomic E-state index is 0.0492. The number of rotatable bonds is 4.